The Morgan fingerprint density at radius 1 is 1.36 bits per heavy atom. The molecular weight excluding hydrogens is 298 g/mol. The molecule has 0 spiro atoms. The van der Waals surface area contributed by atoms with Crippen molar-refractivity contribution in [2.24, 2.45) is 16.8 Å². The van der Waals surface area contributed by atoms with Crippen LogP contribution >= 0.6 is 0 Å². The fourth-order valence-corrected chi connectivity index (χ4v) is 5.00. The van der Waals surface area contributed by atoms with E-state index in [1.165, 1.54) is 25.7 Å². The summed E-state index contributed by atoms with van der Waals surface area (Å²) in [6.45, 7) is 7.94. The minimum Gasteiger partial charge on any atom is -0.356 e. The second kappa shape index (κ2) is 6.77. The molecule has 0 amide bonds. The first-order valence-electron chi connectivity index (χ1n) is 8.43. The van der Waals surface area contributed by atoms with Gasteiger partial charge in [-0.25, -0.2) is 8.42 Å². The van der Waals surface area contributed by atoms with Crippen LogP contribution in [-0.2, 0) is 9.84 Å². The van der Waals surface area contributed by atoms with Crippen LogP contribution in [0.2, 0.25) is 0 Å². The number of hydrogen-bond acceptors (Lipinski definition) is 3. The topological polar surface area (TPSA) is 61.8 Å². The molecule has 22 heavy (non-hydrogen) atoms. The number of rotatable bonds is 2. The van der Waals surface area contributed by atoms with Crippen LogP contribution in [0.25, 0.3) is 0 Å². The maximum Gasteiger partial charge on any atom is 0.193 e. The lowest BCUT2D eigenvalue weighted by atomic mass is 9.82. The third kappa shape index (κ3) is 3.94. The highest BCUT2D eigenvalue weighted by Gasteiger charge is 2.41. The highest BCUT2D eigenvalue weighted by molar-refractivity contribution is 7.92. The van der Waals surface area contributed by atoms with E-state index in [2.05, 4.69) is 22.1 Å². The molecule has 6 heteroatoms. The predicted molar refractivity (Wildman–Crippen MR) is 91.9 cm³/mol. The van der Waals surface area contributed by atoms with Crippen molar-refractivity contribution in [3.8, 4) is 0 Å². The molecule has 0 radical (unpaired) electrons. The summed E-state index contributed by atoms with van der Waals surface area (Å²) in [5.74, 6) is 2.59. The minimum atomic E-state index is -3.00. The number of guanidine groups is 1. The zero-order valence-electron chi connectivity index (χ0n) is 14.4. The van der Waals surface area contributed by atoms with Gasteiger partial charge in [0.05, 0.1) is 10.5 Å². The normalized spacial score (nSPS) is 31.8. The Bertz CT molecular complexity index is 513. The number of sulfone groups is 1. The van der Waals surface area contributed by atoms with Crippen molar-refractivity contribution in [3.63, 3.8) is 0 Å². The lowest BCUT2D eigenvalue weighted by Crippen LogP contribution is -2.57. The predicted octanol–water partition coefficient (Wildman–Crippen LogP) is 1.90. The Labute approximate surface area is 135 Å². The van der Waals surface area contributed by atoms with Crippen LogP contribution in [0.5, 0.6) is 0 Å². The molecule has 1 N–H and O–H groups in total. The van der Waals surface area contributed by atoms with Crippen molar-refractivity contribution in [1.29, 1.82) is 0 Å². The molecule has 0 aromatic heterocycles. The maximum absolute atomic E-state index is 12.1. The summed E-state index contributed by atoms with van der Waals surface area (Å²) < 4.78 is 23.5. The van der Waals surface area contributed by atoms with Crippen LogP contribution in [0.4, 0.5) is 0 Å². The molecule has 0 aromatic rings. The zero-order chi connectivity index (χ0) is 16.4. The van der Waals surface area contributed by atoms with E-state index in [1.54, 1.807) is 7.05 Å². The van der Waals surface area contributed by atoms with Crippen molar-refractivity contribution in [2.45, 2.75) is 51.2 Å². The SMILES string of the molecule is CN=C(NCC1CCCC(C)C1)N1CCS(=O)(=O)C(C)(C)C1. The summed E-state index contributed by atoms with van der Waals surface area (Å²) in [4.78, 5) is 6.46. The molecule has 1 aliphatic heterocycles. The van der Waals surface area contributed by atoms with E-state index in [-0.39, 0.29) is 5.75 Å². The molecule has 2 rings (SSSR count). The molecular formula is C16H31N3O2S. The first-order chi connectivity index (χ1) is 10.2. The highest BCUT2D eigenvalue weighted by Crippen LogP contribution is 2.28. The number of nitrogens with one attached hydrogen (secondary N) is 1. The number of aliphatic imine (C=N–C) groups is 1. The fraction of sp³-hybridized carbons (Fsp3) is 0.938. The molecule has 128 valence electrons. The average molecular weight is 330 g/mol. The average Bonchev–Trinajstić information content (AvgIpc) is 2.43. The van der Waals surface area contributed by atoms with Crippen molar-refractivity contribution < 1.29 is 8.42 Å². The van der Waals surface area contributed by atoms with Crippen LogP contribution < -0.4 is 5.32 Å². The molecule has 0 bridgehead atoms. The van der Waals surface area contributed by atoms with E-state index in [1.807, 2.05) is 13.8 Å². The standard InChI is InChI=1S/C16H31N3O2S/c1-13-6-5-7-14(10-13)11-18-15(17-4)19-8-9-22(20,21)16(2,3)12-19/h13-14H,5-12H2,1-4H3,(H,17,18). The van der Waals surface area contributed by atoms with Crippen LogP contribution in [0.1, 0.15) is 46.5 Å². The minimum absolute atomic E-state index is 0.209. The molecule has 5 nitrogen and oxygen atoms in total. The Hall–Kier alpha value is -0.780. The van der Waals surface area contributed by atoms with E-state index in [0.717, 1.165) is 18.4 Å². The zero-order valence-corrected chi connectivity index (χ0v) is 15.2. The molecule has 0 aromatic carbocycles. The van der Waals surface area contributed by atoms with Gasteiger partial charge in [-0.15, -0.1) is 0 Å². The van der Waals surface area contributed by atoms with Crippen molar-refractivity contribution in [1.82, 2.24) is 10.2 Å². The molecule has 2 fully saturated rings. The van der Waals surface area contributed by atoms with Crippen LogP contribution in [0.15, 0.2) is 4.99 Å². The van der Waals surface area contributed by atoms with E-state index < -0.39 is 14.6 Å². The van der Waals surface area contributed by atoms with Crippen LogP contribution in [-0.4, -0.2) is 56.5 Å². The van der Waals surface area contributed by atoms with Gasteiger partial charge >= 0.3 is 0 Å². The van der Waals surface area contributed by atoms with Crippen molar-refractivity contribution in [3.05, 3.63) is 0 Å². The van der Waals surface area contributed by atoms with E-state index in [9.17, 15) is 8.42 Å². The molecule has 2 atom stereocenters. The summed E-state index contributed by atoms with van der Waals surface area (Å²) in [6, 6.07) is 0. The monoisotopic (exact) mass is 329 g/mol. The second-order valence-corrected chi connectivity index (χ2v) is 10.3. The van der Waals surface area contributed by atoms with Gasteiger partial charge in [-0.3, -0.25) is 4.99 Å². The van der Waals surface area contributed by atoms with Gasteiger partial charge in [0, 0.05) is 26.7 Å². The molecule has 2 aliphatic rings. The van der Waals surface area contributed by atoms with E-state index >= 15 is 0 Å². The van der Waals surface area contributed by atoms with Crippen molar-refractivity contribution >= 4 is 15.8 Å². The van der Waals surface area contributed by atoms with Gasteiger partial charge in [-0.05, 0) is 38.5 Å². The maximum atomic E-state index is 12.1. The Balaban J connectivity index is 1.92. The largest absolute Gasteiger partial charge is 0.356 e. The number of hydrogen-bond donors (Lipinski definition) is 1. The summed E-state index contributed by atoms with van der Waals surface area (Å²) >= 11 is 0. The Kier molecular flexibility index (Phi) is 5.41. The smallest absolute Gasteiger partial charge is 0.193 e. The lowest BCUT2D eigenvalue weighted by Gasteiger charge is -2.39. The molecule has 1 aliphatic carbocycles. The van der Waals surface area contributed by atoms with Gasteiger partial charge in [-0.2, -0.15) is 0 Å². The van der Waals surface area contributed by atoms with Gasteiger partial charge in [0.25, 0.3) is 0 Å². The quantitative estimate of drug-likeness (QED) is 0.621. The number of nitrogens with zero attached hydrogens (tertiary/aromatic N) is 2. The summed E-state index contributed by atoms with van der Waals surface area (Å²) in [5, 5.41) is 3.48. The van der Waals surface area contributed by atoms with E-state index in [0.29, 0.717) is 19.0 Å². The first-order valence-corrected chi connectivity index (χ1v) is 10.1. The molecule has 1 heterocycles. The van der Waals surface area contributed by atoms with Gasteiger partial charge in [0.15, 0.2) is 15.8 Å². The molecule has 1 saturated carbocycles. The fourth-order valence-electron chi connectivity index (χ4n) is 3.64. The van der Waals surface area contributed by atoms with Crippen molar-refractivity contribution in [2.75, 3.05) is 32.4 Å². The van der Waals surface area contributed by atoms with Gasteiger partial charge < -0.3 is 10.2 Å². The second-order valence-electron chi connectivity index (χ2n) is 7.57. The first kappa shape index (κ1) is 17.6. The van der Waals surface area contributed by atoms with Crippen LogP contribution in [0.3, 0.4) is 0 Å². The molecule has 2 unspecified atom stereocenters. The third-order valence-corrected chi connectivity index (χ3v) is 7.68. The summed E-state index contributed by atoms with van der Waals surface area (Å²) in [5.41, 5.74) is 0. The van der Waals surface area contributed by atoms with E-state index in [4.69, 9.17) is 0 Å². The Morgan fingerprint density at radius 3 is 2.68 bits per heavy atom. The summed E-state index contributed by atoms with van der Waals surface area (Å²) in [7, 11) is -1.22. The van der Waals surface area contributed by atoms with Crippen LogP contribution in [0, 0.1) is 11.8 Å². The third-order valence-electron chi connectivity index (χ3n) is 5.15. The molecule has 1 saturated heterocycles. The van der Waals surface area contributed by atoms with Gasteiger partial charge in [0.2, 0.25) is 0 Å². The lowest BCUT2D eigenvalue weighted by molar-refractivity contribution is 0.277. The van der Waals surface area contributed by atoms with Gasteiger partial charge in [-0.1, -0.05) is 19.8 Å². The Morgan fingerprint density at radius 2 is 2.09 bits per heavy atom. The van der Waals surface area contributed by atoms with Gasteiger partial charge in [0.1, 0.15) is 0 Å². The highest BCUT2D eigenvalue weighted by atomic mass is 32.2. The summed E-state index contributed by atoms with van der Waals surface area (Å²) in [6.07, 6.45) is 5.24.